The summed E-state index contributed by atoms with van der Waals surface area (Å²) >= 11 is 5.13. The lowest BCUT2D eigenvalue weighted by atomic mass is 10.2. The average molecular weight is 325 g/mol. The van der Waals surface area contributed by atoms with Crippen LogP contribution in [0.3, 0.4) is 0 Å². The number of nitrogens with one attached hydrogen (secondary N) is 2. The van der Waals surface area contributed by atoms with Gasteiger partial charge in [-0.1, -0.05) is 18.2 Å². The summed E-state index contributed by atoms with van der Waals surface area (Å²) in [7, 11) is 0. The quantitative estimate of drug-likeness (QED) is 0.708. The van der Waals surface area contributed by atoms with Gasteiger partial charge in [0.05, 0.1) is 11.1 Å². The van der Waals surface area contributed by atoms with Crippen LogP contribution in [0.15, 0.2) is 60.8 Å². The van der Waals surface area contributed by atoms with Gasteiger partial charge in [0.15, 0.2) is 5.11 Å². The number of anilines is 1. The number of hydrogen-bond donors (Lipinski definition) is 2. The van der Waals surface area contributed by atoms with Crippen LogP contribution < -0.4 is 10.6 Å². The molecule has 3 rings (SSSR count). The van der Waals surface area contributed by atoms with Crippen molar-refractivity contribution in [2.24, 2.45) is 0 Å². The maximum absolute atomic E-state index is 13.6. The zero-order chi connectivity index (χ0) is 16.2. The summed E-state index contributed by atoms with van der Waals surface area (Å²) in [6.45, 7) is 0. The van der Waals surface area contributed by atoms with Crippen LogP contribution in [-0.2, 0) is 0 Å². The van der Waals surface area contributed by atoms with E-state index in [-0.39, 0.29) is 10.7 Å². The van der Waals surface area contributed by atoms with Crippen LogP contribution in [0.2, 0.25) is 0 Å². The molecule has 0 aliphatic carbocycles. The minimum absolute atomic E-state index is 0.0590. The van der Waals surface area contributed by atoms with Gasteiger partial charge in [-0.3, -0.25) is 15.1 Å². The van der Waals surface area contributed by atoms with E-state index in [9.17, 15) is 9.18 Å². The summed E-state index contributed by atoms with van der Waals surface area (Å²) in [6.07, 6.45) is 1.70. The molecular weight excluding hydrogens is 313 g/mol. The highest BCUT2D eigenvalue weighted by Gasteiger charge is 2.12. The molecule has 6 heteroatoms. The number of nitrogens with zero attached hydrogens (tertiary/aromatic N) is 1. The van der Waals surface area contributed by atoms with E-state index >= 15 is 0 Å². The summed E-state index contributed by atoms with van der Waals surface area (Å²) < 4.78 is 13.6. The number of aromatic nitrogens is 1. The van der Waals surface area contributed by atoms with Gasteiger partial charge in [-0.15, -0.1) is 0 Å². The predicted octanol–water partition coefficient (Wildman–Crippen LogP) is 3.50. The van der Waals surface area contributed by atoms with Crippen molar-refractivity contribution in [3.63, 3.8) is 0 Å². The van der Waals surface area contributed by atoms with Crippen LogP contribution >= 0.6 is 12.2 Å². The van der Waals surface area contributed by atoms with Crippen molar-refractivity contribution in [3.8, 4) is 0 Å². The molecule has 2 N–H and O–H groups in total. The number of pyridine rings is 1. The molecule has 0 aliphatic heterocycles. The molecule has 0 atom stereocenters. The average Bonchev–Trinajstić information content (AvgIpc) is 2.55. The Morgan fingerprint density at radius 2 is 1.87 bits per heavy atom. The second-order valence-corrected chi connectivity index (χ2v) is 5.17. The number of hydrogen-bond acceptors (Lipinski definition) is 3. The Hall–Kier alpha value is -2.86. The third kappa shape index (κ3) is 3.32. The maximum Gasteiger partial charge on any atom is 0.260 e. The molecule has 0 aliphatic rings. The van der Waals surface area contributed by atoms with E-state index in [1.807, 2.05) is 30.3 Å². The minimum atomic E-state index is -0.598. The van der Waals surface area contributed by atoms with Gasteiger partial charge in [0.1, 0.15) is 5.82 Å². The Balaban J connectivity index is 1.77. The lowest BCUT2D eigenvalue weighted by molar-refractivity contribution is 0.0974. The molecule has 0 saturated carbocycles. The van der Waals surface area contributed by atoms with E-state index in [4.69, 9.17) is 12.2 Å². The molecule has 0 fully saturated rings. The van der Waals surface area contributed by atoms with Gasteiger partial charge >= 0.3 is 0 Å². The first-order valence-electron chi connectivity index (χ1n) is 6.86. The zero-order valence-corrected chi connectivity index (χ0v) is 12.7. The second-order valence-electron chi connectivity index (χ2n) is 4.76. The van der Waals surface area contributed by atoms with E-state index in [2.05, 4.69) is 15.6 Å². The fourth-order valence-electron chi connectivity index (χ4n) is 2.18. The zero-order valence-electron chi connectivity index (χ0n) is 11.9. The summed E-state index contributed by atoms with van der Waals surface area (Å²) in [5.41, 5.74) is 1.46. The van der Waals surface area contributed by atoms with E-state index in [1.165, 1.54) is 18.2 Å². The summed E-state index contributed by atoms with van der Waals surface area (Å²) in [5, 5.41) is 6.38. The van der Waals surface area contributed by atoms with Gasteiger partial charge in [-0.25, -0.2) is 4.39 Å². The second kappa shape index (κ2) is 6.50. The number of fused-ring (bicyclic) bond motifs is 1. The molecule has 23 heavy (non-hydrogen) atoms. The van der Waals surface area contributed by atoms with Crippen molar-refractivity contribution in [2.45, 2.75) is 0 Å². The number of carbonyl (C=O) groups excluding carboxylic acids is 1. The van der Waals surface area contributed by atoms with Crippen molar-refractivity contribution in [2.75, 3.05) is 5.32 Å². The summed E-state index contributed by atoms with van der Waals surface area (Å²) in [5.74, 6) is -1.19. The molecular formula is C17H12FN3OS. The van der Waals surface area contributed by atoms with Crippen molar-refractivity contribution in [1.29, 1.82) is 0 Å². The summed E-state index contributed by atoms with van der Waals surface area (Å²) in [4.78, 5) is 16.3. The third-order valence-corrected chi connectivity index (χ3v) is 3.44. The molecule has 0 radical (unpaired) electrons. The molecule has 3 aromatic rings. The molecule has 0 unspecified atom stereocenters. The number of carbonyl (C=O) groups is 1. The van der Waals surface area contributed by atoms with Crippen molar-refractivity contribution in [1.82, 2.24) is 10.3 Å². The van der Waals surface area contributed by atoms with Gasteiger partial charge in [0, 0.05) is 17.3 Å². The van der Waals surface area contributed by atoms with Gasteiger partial charge in [-0.05, 0) is 48.6 Å². The smallest absolute Gasteiger partial charge is 0.260 e. The highest BCUT2D eigenvalue weighted by molar-refractivity contribution is 7.80. The van der Waals surface area contributed by atoms with Crippen LogP contribution in [0.5, 0.6) is 0 Å². The lowest BCUT2D eigenvalue weighted by Crippen LogP contribution is -2.34. The largest absolute Gasteiger partial charge is 0.332 e. The van der Waals surface area contributed by atoms with Crippen molar-refractivity contribution in [3.05, 3.63) is 72.2 Å². The van der Waals surface area contributed by atoms with Crippen LogP contribution in [0.4, 0.5) is 10.1 Å². The van der Waals surface area contributed by atoms with Gasteiger partial charge in [0.25, 0.3) is 5.91 Å². The Labute approximate surface area is 137 Å². The first kappa shape index (κ1) is 15.1. The molecule has 4 nitrogen and oxygen atoms in total. The predicted molar refractivity (Wildman–Crippen MR) is 91.8 cm³/mol. The topological polar surface area (TPSA) is 54.0 Å². The number of halogens is 1. The number of amides is 1. The van der Waals surface area contributed by atoms with Crippen LogP contribution in [-0.4, -0.2) is 16.0 Å². The molecule has 0 saturated heterocycles. The Morgan fingerprint density at radius 3 is 2.70 bits per heavy atom. The van der Waals surface area contributed by atoms with E-state index in [1.54, 1.807) is 12.3 Å². The number of thiocarbonyl (C=S) groups is 1. The van der Waals surface area contributed by atoms with E-state index < -0.39 is 11.7 Å². The molecule has 0 spiro atoms. The SMILES string of the molecule is O=C(NC(=S)Nc1cccc2ncccc12)c1ccccc1F. The van der Waals surface area contributed by atoms with Gasteiger partial charge < -0.3 is 5.32 Å². The minimum Gasteiger partial charge on any atom is -0.332 e. The van der Waals surface area contributed by atoms with Crippen LogP contribution in [0, 0.1) is 5.82 Å². The fraction of sp³-hybridized carbons (Fsp3) is 0. The van der Waals surface area contributed by atoms with Gasteiger partial charge in [0.2, 0.25) is 0 Å². The Morgan fingerprint density at radius 1 is 1.04 bits per heavy atom. The Kier molecular flexibility index (Phi) is 4.25. The molecule has 1 amide bonds. The standard InChI is InChI=1S/C17H12FN3OS/c18-13-7-2-1-5-11(13)16(22)21-17(23)20-15-9-3-8-14-12(15)6-4-10-19-14/h1-10H,(H2,20,21,22,23). The highest BCUT2D eigenvalue weighted by atomic mass is 32.1. The first-order chi connectivity index (χ1) is 11.1. The number of benzene rings is 2. The monoisotopic (exact) mass is 325 g/mol. The van der Waals surface area contributed by atoms with Crippen LogP contribution in [0.25, 0.3) is 10.9 Å². The van der Waals surface area contributed by atoms with Gasteiger partial charge in [-0.2, -0.15) is 0 Å². The maximum atomic E-state index is 13.6. The molecule has 0 bridgehead atoms. The first-order valence-corrected chi connectivity index (χ1v) is 7.26. The van der Waals surface area contributed by atoms with Crippen molar-refractivity contribution >= 4 is 39.8 Å². The van der Waals surface area contributed by atoms with E-state index in [0.717, 1.165) is 16.6 Å². The Bertz CT molecular complexity index is 892. The van der Waals surface area contributed by atoms with Crippen molar-refractivity contribution < 1.29 is 9.18 Å². The molecule has 2 aromatic carbocycles. The normalized spacial score (nSPS) is 10.3. The summed E-state index contributed by atoms with van der Waals surface area (Å²) in [6, 6.07) is 15.0. The van der Waals surface area contributed by atoms with E-state index in [0.29, 0.717) is 0 Å². The third-order valence-electron chi connectivity index (χ3n) is 3.24. The molecule has 1 heterocycles. The highest BCUT2D eigenvalue weighted by Crippen LogP contribution is 2.21. The lowest BCUT2D eigenvalue weighted by Gasteiger charge is -2.11. The number of rotatable bonds is 2. The van der Waals surface area contributed by atoms with Crippen LogP contribution in [0.1, 0.15) is 10.4 Å². The molecule has 1 aromatic heterocycles. The molecule has 114 valence electrons. The fourth-order valence-corrected chi connectivity index (χ4v) is 2.38.